The van der Waals surface area contributed by atoms with Crippen LogP contribution in [0.1, 0.15) is 18.2 Å². The van der Waals surface area contributed by atoms with Gasteiger partial charge < -0.3 is 14.4 Å². The van der Waals surface area contributed by atoms with Gasteiger partial charge in [-0.25, -0.2) is 0 Å². The molecule has 1 N–H and O–H groups in total. The Bertz CT molecular complexity index is 550. The molecule has 19 heavy (non-hydrogen) atoms. The number of amides is 1. The molecule has 2 atom stereocenters. The van der Waals surface area contributed by atoms with Crippen LogP contribution in [0.5, 0.6) is 0 Å². The average Bonchev–Trinajstić information content (AvgIpc) is 2.96. The third-order valence-electron chi connectivity index (χ3n) is 3.52. The predicted molar refractivity (Wildman–Crippen MR) is 70.6 cm³/mol. The second kappa shape index (κ2) is 4.90. The Morgan fingerprint density at radius 2 is 1.95 bits per heavy atom. The summed E-state index contributed by atoms with van der Waals surface area (Å²) in [6, 6.07) is 13.1. The van der Waals surface area contributed by atoms with Crippen LogP contribution in [-0.4, -0.2) is 17.6 Å². The molecule has 2 heterocycles. The van der Waals surface area contributed by atoms with Crippen LogP contribution >= 0.6 is 0 Å². The van der Waals surface area contributed by atoms with Crippen molar-refractivity contribution in [2.75, 3.05) is 11.5 Å². The summed E-state index contributed by atoms with van der Waals surface area (Å²) in [5.41, 5.74) is 0.864. The highest BCUT2D eigenvalue weighted by atomic mass is 16.3. The van der Waals surface area contributed by atoms with E-state index in [0.29, 0.717) is 6.42 Å². The van der Waals surface area contributed by atoms with Gasteiger partial charge in [0.15, 0.2) is 0 Å². The summed E-state index contributed by atoms with van der Waals surface area (Å²) >= 11 is 0. The van der Waals surface area contributed by atoms with Crippen LogP contribution in [0.3, 0.4) is 0 Å². The summed E-state index contributed by atoms with van der Waals surface area (Å²) < 4.78 is 5.44. The van der Waals surface area contributed by atoms with Crippen molar-refractivity contribution in [3.05, 3.63) is 54.5 Å². The molecular formula is C15H15NO3. The number of aliphatic hydroxyl groups is 1. The van der Waals surface area contributed by atoms with Gasteiger partial charge in [-0.15, -0.1) is 0 Å². The Labute approximate surface area is 111 Å². The molecule has 1 aromatic heterocycles. The Hall–Kier alpha value is -2.07. The van der Waals surface area contributed by atoms with Crippen molar-refractivity contribution in [2.24, 2.45) is 5.92 Å². The highest BCUT2D eigenvalue weighted by Crippen LogP contribution is 2.44. The van der Waals surface area contributed by atoms with Crippen LogP contribution < -0.4 is 4.90 Å². The van der Waals surface area contributed by atoms with Crippen molar-refractivity contribution < 1.29 is 14.3 Å². The van der Waals surface area contributed by atoms with E-state index in [1.54, 1.807) is 11.2 Å². The van der Waals surface area contributed by atoms with Gasteiger partial charge in [0.1, 0.15) is 11.8 Å². The maximum absolute atomic E-state index is 12.2. The van der Waals surface area contributed by atoms with E-state index in [-0.39, 0.29) is 24.5 Å². The van der Waals surface area contributed by atoms with Crippen molar-refractivity contribution in [2.45, 2.75) is 12.5 Å². The van der Waals surface area contributed by atoms with E-state index in [0.717, 1.165) is 11.4 Å². The molecule has 0 radical (unpaired) electrons. The predicted octanol–water partition coefficient (Wildman–Crippen LogP) is 2.37. The number of aliphatic hydroxyl groups excluding tert-OH is 1. The molecule has 0 saturated carbocycles. The Balaban J connectivity index is 1.93. The van der Waals surface area contributed by atoms with Gasteiger partial charge >= 0.3 is 0 Å². The number of rotatable bonds is 4. The van der Waals surface area contributed by atoms with Crippen molar-refractivity contribution in [3.8, 4) is 0 Å². The molecule has 4 nitrogen and oxygen atoms in total. The van der Waals surface area contributed by atoms with Crippen molar-refractivity contribution in [1.29, 1.82) is 0 Å². The zero-order valence-electron chi connectivity index (χ0n) is 10.4. The van der Waals surface area contributed by atoms with E-state index < -0.39 is 0 Å². The molecule has 1 saturated heterocycles. The standard InChI is InChI=1S/C15H15NO3/c17-9-8-12-14(13-7-4-10-19-13)16(15(12)18)11-5-2-1-3-6-11/h1-7,10,12,14,17H,8-9H2/t12-,14-/m1/s1. The Morgan fingerprint density at radius 3 is 2.58 bits per heavy atom. The Kier molecular flexibility index (Phi) is 3.09. The van der Waals surface area contributed by atoms with E-state index in [2.05, 4.69) is 0 Å². The van der Waals surface area contributed by atoms with Crippen LogP contribution in [0.25, 0.3) is 0 Å². The monoisotopic (exact) mass is 257 g/mol. The Morgan fingerprint density at radius 1 is 1.16 bits per heavy atom. The topological polar surface area (TPSA) is 53.7 Å². The average molecular weight is 257 g/mol. The highest BCUT2D eigenvalue weighted by Gasteiger charge is 2.49. The van der Waals surface area contributed by atoms with Gasteiger partial charge in [0, 0.05) is 12.3 Å². The molecular weight excluding hydrogens is 242 g/mol. The fourth-order valence-electron chi connectivity index (χ4n) is 2.63. The minimum Gasteiger partial charge on any atom is -0.467 e. The van der Waals surface area contributed by atoms with Gasteiger partial charge in [0.2, 0.25) is 5.91 Å². The minimum atomic E-state index is -0.198. The molecule has 1 amide bonds. The zero-order valence-corrected chi connectivity index (χ0v) is 10.4. The number of carbonyl (C=O) groups excluding carboxylic acids is 1. The number of hydrogen-bond donors (Lipinski definition) is 1. The molecule has 1 aliphatic heterocycles. The molecule has 0 unspecified atom stereocenters. The molecule has 4 heteroatoms. The first-order chi connectivity index (χ1) is 9.33. The molecule has 2 aromatic rings. The summed E-state index contributed by atoms with van der Waals surface area (Å²) in [5, 5.41) is 9.09. The number of hydrogen-bond acceptors (Lipinski definition) is 3. The number of benzene rings is 1. The number of furan rings is 1. The molecule has 98 valence electrons. The van der Waals surface area contributed by atoms with Crippen LogP contribution in [-0.2, 0) is 4.79 Å². The van der Waals surface area contributed by atoms with Crippen LogP contribution in [0.4, 0.5) is 5.69 Å². The van der Waals surface area contributed by atoms with E-state index in [1.807, 2.05) is 42.5 Å². The molecule has 1 fully saturated rings. The van der Waals surface area contributed by atoms with Gasteiger partial charge in [0.25, 0.3) is 0 Å². The van der Waals surface area contributed by atoms with Crippen molar-refractivity contribution in [1.82, 2.24) is 0 Å². The van der Waals surface area contributed by atoms with Crippen molar-refractivity contribution >= 4 is 11.6 Å². The van der Waals surface area contributed by atoms with Crippen LogP contribution in [0, 0.1) is 5.92 Å². The molecule has 0 bridgehead atoms. The lowest BCUT2D eigenvalue weighted by Crippen LogP contribution is -2.55. The number of para-hydroxylation sites is 1. The molecule has 0 spiro atoms. The first-order valence-electron chi connectivity index (χ1n) is 6.35. The zero-order chi connectivity index (χ0) is 13.2. The van der Waals surface area contributed by atoms with E-state index in [9.17, 15) is 4.79 Å². The van der Waals surface area contributed by atoms with E-state index in [1.165, 1.54) is 0 Å². The van der Waals surface area contributed by atoms with Gasteiger partial charge in [-0.2, -0.15) is 0 Å². The summed E-state index contributed by atoms with van der Waals surface area (Å²) in [4.78, 5) is 14.0. The lowest BCUT2D eigenvalue weighted by Gasteiger charge is -2.46. The normalized spacial score (nSPS) is 22.4. The molecule has 3 rings (SSSR count). The summed E-state index contributed by atoms with van der Waals surface area (Å²) in [7, 11) is 0. The maximum atomic E-state index is 12.2. The number of β-lactam (4-membered cyclic amide) rings is 1. The van der Waals surface area contributed by atoms with E-state index in [4.69, 9.17) is 9.52 Å². The largest absolute Gasteiger partial charge is 0.467 e. The van der Waals surface area contributed by atoms with Crippen LogP contribution in [0.15, 0.2) is 53.1 Å². The second-order valence-corrected chi connectivity index (χ2v) is 4.62. The third-order valence-corrected chi connectivity index (χ3v) is 3.52. The summed E-state index contributed by atoms with van der Waals surface area (Å²) in [6.07, 6.45) is 2.07. The van der Waals surface area contributed by atoms with E-state index >= 15 is 0 Å². The fraction of sp³-hybridized carbons (Fsp3) is 0.267. The first kappa shape index (κ1) is 12.0. The number of anilines is 1. The maximum Gasteiger partial charge on any atom is 0.233 e. The minimum absolute atomic E-state index is 0.0102. The second-order valence-electron chi connectivity index (χ2n) is 4.62. The third kappa shape index (κ3) is 1.94. The van der Waals surface area contributed by atoms with Gasteiger partial charge in [0.05, 0.1) is 12.2 Å². The number of carbonyl (C=O) groups is 1. The molecule has 1 aromatic carbocycles. The van der Waals surface area contributed by atoms with Crippen LogP contribution in [0.2, 0.25) is 0 Å². The number of nitrogens with zero attached hydrogens (tertiary/aromatic N) is 1. The fourth-order valence-corrected chi connectivity index (χ4v) is 2.63. The SMILES string of the molecule is O=C1[C@H](CCO)[C@H](c2ccco2)N1c1ccccc1. The lowest BCUT2D eigenvalue weighted by atomic mass is 9.82. The summed E-state index contributed by atoms with van der Waals surface area (Å²) in [5.74, 6) is 0.611. The first-order valence-corrected chi connectivity index (χ1v) is 6.35. The quantitative estimate of drug-likeness (QED) is 0.855. The summed E-state index contributed by atoms with van der Waals surface area (Å²) in [6.45, 7) is 0.0102. The lowest BCUT2D eigenvalue weighted by molar-refractivity contribution is -0.131. The van der Waals surface area contributed by atoms with Gasteiger partial charge in [-0.05, 0) is 30.7 Å². The highest BCUT2D eigenvalue weighted by molar-refractivity contribution is 6.03. The van der Waals surface area contributed by atoms with Gasteiger partial charge in [-0.1, -0.05) is 18.2 Å². The smallest absolute Gasteiger partial charge is 0.233 e. The molecule has 1 aliphatic rings. The van der Waals surface area contributed by atoms with Gasteiger partial charge in [-0.3, -0.25) is 4.79 Å². The van der Waals surface area contributed by atoms with Crippen molar-refractivity contribution in [3.63, 3.8) is 0 Å². The molecule has 0 aliphatic carbocycles.